The van der Waals surface area contributed by atoms with Gasteiger partial charge in [-0.25, -0.2) is 0 Å². The second-order valence-electron chi connectivity index (χ2n) is 4.50. The van der Waals surface area contributed by atoms with Crippen LogP contribution in [0.3, 0.4) is 0 Å². The Morgan fingerprint density at radius 3 is 2.73 bits per heavy atom. The van der Waals surface area contributed by atoms with E-state index < -0.39 is 0 Å². The van der Waals surface area contributed by atoms with Crippen LogP contribution >= 0.6 is 0 Å². The highest BCUT2D eigenvalue weighted by molar-refractivity contribution is 5.78. The molecular weight excluding hydrogens is 192 g/mol. The normalized spacial score (nSPS) is 29.5. The van der Waals surface area contributed by atoms with Gasteiger partial charge >= 0.3 is 0 Å². The third kappa shape index (κ3) is 2.32. The molecule has 2 aliphatic rings. The van der Waals surface area contributed by atoms with Crippen LogP contribution in [0.4, 0.5) is 0 Å². The summed E-state index contributed by atoms with van der Waals surface area (Å²) in [5, 5.41) is 0. The van der Waals surface area contributed by atoms with Crippen LogP contribution in [0.1, 0.15) is 32.1 Å². The van der Waals surface area contributed by atoms with E-state index in [0.29, 0.717) is 19.2 Å². The van der Waals surface area contributed by atoms with Gasteiger partial charge in [0, 0.05) is 12.6 Å². The number of hydrogen-bond donors (Lipinski definition) is 1. The van der Waals surface area contributed by atoms with Crippen LogP contribution < -0.4 is 5.73 Å². The highest BCUT2D eigenvalue weighted by Gasteiger charge is 2.33. The zero-order valence-corrected chi connectivity index (χ0v) is 9.15. The minimum absolute atomic E-state index is 0.106. The molecule has 4 nitrogen and oxygen atoms in total. The Hall–Kier alpha value is -0.610. The zero-order valence-electron chi connectivity index (χ0n) is 9.15. The van der Waals surface area contributed by atoms with Crippen LogP contribution in [0.2, 0.25) is 0 Å². The van der Waals surface area contributed by atoms with Crippen molar-refractivity contribution in [3.05, 3.63) is 0 Å². The molecule has 1 aliphatic heterocycles. The first-order valence-electron chi connectivity index (χ1n) is 5.92. The molecule has 1 saturated carbocycles. The molecule has 4 heteroatoms. The van der Waals surface area contributed by atoms with Crippen LogP contribution in [-0.4, -0.2) is 42.6 Å². The van der Waals surface area contributed by atoms with E-state index in [2.05, 4.69) is 0 Å². The maximum Gasteiger partial charge on any atom is 0.249 e. The average molecular weight is 212 g/mol. The Morgan fingerprint density at radius 2 is 2.07 bits per heavy atom. The van der Waals surface area contributed by atoms with E-state index >= 15 is 0 Å². The van der Waals surface area contributed by atoms with E-state index in [-0.39, 0.29) is 18.6 Å². The molecule has 1 heterocycles. The molecule has 0 aromatic heterocycles. The van der Waals surface area contributed by atoms with Crippen molar-refractivity contribution in [2.45, 2.75) is 44.2 Å². The number of hydrogen-bond acceptors (Lipinski definition) is 3. The lowest BCUT2D eigenvalue weighted by atomic mass is 9.92. The Balaban J connectivity index is 2.03. The summed E-state index contributed by atoms with van der Waals surface area (Å²) in [4.78, 5) is 13.8. The van der Waals surface area contributed by atoms with Crippen molar-refractivity contribution in [1.29, 1.82) is 0 Å². The predicted molar refractivity (Wildman–Crippen MR) is 57.4 cm³/mol. The predicted octanol–water partition coefficient (Wildman–Crippen LogP) is 0.505. The van der Waals surface area contributed by atoms with Crippen LogP contribution in [0.25, 0.3) is 0 Å². The fourth-order valence-electron chi connectivity index (χ4n) is 2.68. The molecule has 2 fully saturated rings. The molecule has 0 spiro atoms. The molecule has 0 aromatic rings. The maximum absolute atomic E-state index is 11.8. The number of carbonyl (C=O) groups is 1. The SMILES string of the molecule is NCC1COCC(=O)N1C1CCCCC1. The standard InChI is InChI=1S/C11H20N2O2/c12-6-10-7-15-8-11(14)13(10)9-4-2-1-3-5-9/h9-10H,1-8,12H2. The molecule has 2 N–H and O–H groups in total. The first-order valence-corrected chi connectivity index (χ1v) is 5.92. The number of nitrogens with zero attached hydrogens (tertiary/aromatic N) is 1. The summed E-state index contributed by atoms with van der Waals surface area (Å²) >= 11 is 0. The van der Waals surface area contributed by atoms with E-state index in [1.165, 1.54) is 19.3 Å². The van der Waals surface area contributed by atoms with E-state index in [1.54, 1.807) is 0 Å². The average Bonchev–Trinajstić information content (AvgIpc) is 2.29. The van der Waals surface area contributed by atoms with Crippen molar-refractivity contribution in [3.8, 4) is 0 Å². The van der Waals surface area contributed by atoms with Gasteiger partial charge in [-0.2, -0.15) is 0 Å². The van der Waals surface area contributed by atoms with Crippen molar-refractivity contribution in [2.75, 3.05) is 19.8 Å². The molecule has 2 rings (SSSR count). The lowest BCUT2D eigenvalue weighted by Gasteiger charge is -2.42. The van der Waals surface area contributed by atoms with Gasteiger partial charge < -0.3 is 15.4 Å². The Labute approximate surface area is 90.8 Å². The lowest BCUT2D eigenvalue weighted by Crippen LogP contribution is -2.57. The van der Waals surface area contributed by atoms with Crippen molar-refractivity contribution in [3.63, 3.8) is 0 Å². The molecule has 1 unspecified atom stereocenters. The third-order valence-electron chi connectivity index (χ3n) is 3.46. The minimum atomic E-state index is 0.106. The molecular formula is C11H20N2O2. The molecule has 1 saturated heterocycles. The third-order valence-corrected chi connectivity index (χ3v) is 3.46. The van der Waals surface area contributed by atoms with Gasteiger partial charge in [-0.1, -0.05) is 19.3 Å². The fourth-order valence-corrected chi connectivity index (χ4v) is 2.68. The van der Waals surface area contributed by atoms with Gasteiger partial charge in [-0.3, -0.25) is 4.79 Å². The molecule has 1 amide bonds. The number of nitrogens with two attached hydrogens (primary N) is 1. The fraction of sp³-hybridized carbons (Fsp3) is 0.909. The molecule has 0 bridgehead atoms. The Morgan fingerprint density at radius 1 is 1.33 bits per heavy atom. The maximum atomic E-state index is 11.8. The molecule has 1 aliphatic carbocycles. The van der Waals surface area contributed by atoms with Crippen molar-refractivity contribution in [1.82, 2.24) is 4.90 Å². The summed E-state index contributed by atoms with van der Waals surface area (Å²) in [5.41, 5.74) is 5.69. The van der Waals surface area contributed by atoms with E-state index in [0.717, 1.165) is 12.8 Å². The lowest BCUT2D eigenvalue weighted by molar-refractivity contribution is -0.152. The molecule has 86 valence electrons. The summed E-state index contributed by atoms with van der Waals surface area (Å²) < 4.78 is 5.24. The summed E-state index contributed by atoms with van der Waals surface area (Å²) in [6.45, 7) is 1.37. The van der Waals surface area contributed by atoms with Gasteiger partial charge in [0.2, 0.25) is 5.91 Å². The van der Waals surface area contributed by atoms with Crippen LogP contribution in [0.15, 0.2) is 0 Å². The highest BCUT2D eigenvalue weighted by Crippen LogP contribution is 2.25. The van der Waals surface area contributed by atoms with Crippen molar-refractivity contribution in [2.24, 2.45) is 5.73 Å². The second kappa shape index (κ2) is 4.94. The number of ether oxygens (including phenoxy) is 1. The van der Waals surface area contributed by atoms with Crippen LogP contribution in [0.5, 0.6) is 0 Å². The number of morpholine rings is 1. The van der Waals surface area contributed by atoms with Gasteiger partial charge in [-0.15, -0.1) is 0 Å². The smallest absolute Gasteiger partial charge is 0.249 e. The molecule has 0 radical (unpaired) electrons. The summed E-state index contributed by atoms with van der Waals surface area (Å²) in [6, 6.07) is 0.526. The van der Waals surface area contributed by atoms with Crippen LogP contribution in [0, 0.1) is 0 Å². The topological polar surface area (TPSA) is 55.6 Å². The Bertz CT molecular complexity index is 227. The number of rotatable bonds is 2. The van der Waals surface area contributed by atoms with Crippen LogP contribution in [-0.2, 0) is 9.53 Å². The molecule has 0 aromatic carbocycles. The minimum Gasteiger partial charge on any atom is -0.369 e. The van der Waals surface area contributed by atoms with E-state index in [9.17, 15) is 4.79 Å². The van der Waals surface area contributed by atoms with Gasteiger partial charge in [0.1, 0.15) is 6.61 Å². The summed E-state index contributed by atoms with van der Waals surface area (Å²) in [6.07, 6.45) is 6.08. The van der Waals surface area contributed by atoms with Crippen molar-refractivity contribution >= 4 is 5.91 Å². The molecule has 15 heavy (non-hydrogen) atoms. The largest absolute Gasteiger partial charge is 0.369 e. The monoisotopic (exact) mass is 212 g/mol. The second-order valence-corrected chi connectivity index (χ2v) is 4.50. The first kappa shape index (κ1) is 10.9. The number of amides is 1. The quantitative estimate of drug-likeness (QED) is 0.725. The molecule has 1 atom stereocenters. The van der Waals surface area contributed by atoms with Gasteiger partial charge in [-0.05, 0) is 12.8 Å². The summed E-state index contributed by atoms with van der Waals surface area (Å²) in [7, 11) is 0. The number of carbonyl (C=O) groups excluding carboxylic acids is 1. The summed E-state index contributed by atoms with van der Waals surface area (Å²) in [5.74, 6) is 0.128. The highest BCUT2D eigenvalue weighted by atomic mass is 16.5. The van der Waals surface area contributed by atoms with Gasteiger partial charge in [0.05, 0.1) is 12.6 Å². The van der Waals surface area contributed by atoms with E-state index in [4.69, 9.17) is 10.5 Å². The van der Waals surface area contributed by atoms with Gasteiger partial charge in [0.15, 0.2) is 0 Å². The van der Waals surface area contributed by atoms with Gasteiger partial charge in [0.25, 0.3) is 0 Å². The van der Waals surface area contributed by atoms with E-state index in [1.807, 2.05) is 4.90 Å². The van der Waals surface area contributed by atoms with Crippen molar-refractivity contribution < 1.29 is 9.53 Å². The first-order chi connectivity index (χ1) is 7.33. The Kier molecular flexibility index (Phi) is 3.59. The zero-order chi connectivity index (χ0) is 10.7.